The van der Waals surface area contributed by atoms with E-state index in [0.717, 1.165) is 6.07 Å². The molecule has 0 saturated heterocycles. The minimum Gasteiger partial charge on any atom is -0.495 e. The number of hydrogen-bond acceptors (Lipinski definition) is 3. The highest BCUT2D eigenvalue weighted by molar-refractivity contribution is 7.80. The highest BCUT2D eigenvalue weighted by atomic mass is 32.1. The van der Waals surface area contributed by atoms with Crippen molar-refractivity contribution in [1.29, 1.82) is 0 Å². The lowest BCUT2D eigenvalue weighted by molar-refractivity contribution is 0.102. The summed E-state index contributed by atoms with van der Waals surface area (Å²) in [6, 6.07) is 10.4. The zero-order valence-corrected chi connectivity index (χ0v) is 12.0. The number of ether oxygens (including phenoxy) is 1. The molecule has 6 heteroatoms. The van der Waals surface area contributed by atoms with E-state index in [2.05, 4.69) is 5.32 Å². The molecule has 0 aromatic heterocycles. The molecular formula is C15H13FN2O2S. The molecular weight excluding hydrogens is 291 g/mol. The molecule has 0 heterocycles. The van der Waals surface area contributed by atoms with Crippen LogP contribution in [0, 0.1) is 5.82 Å². The minimum atomic E-state index is -0.474. The summed E-state index contributed by atoms with van der Waals surface area (Å²) in [5, 5.41) is 2.66. The van der Waals surface area contributed by atoms with Crippen molar-refractivity contribution in [1.82, 2.24) is 0 Å². The molecule has 1 amide bonds. The van der Waals surface area contributed by atoms with Crippen LogP contribution in [0.3, 0.4) is 0 Å². The van der Waals surface area contributed by atoms with Gasteiger partial charge in [-0.05, 0) is 36.4 Å². The van der Waals surface area contributed by atoms with E-state index in [1.54, 1.807) is 18.2 Å². The summed E-state index contributed by atoms with van der Waals surface area (Å²) in [6.07, 6.45) is 0. The predicted molar refractivity (Wildman–Crippen MR) is 83.2 cm³/mol. The Labute approximate surface area is 126 Å². The smallest absolute Gasteiger partial charge is 0.255 e. The Morgan fingerprint density at radius 1 is 1.24 bits per heavy atom. The monoisotopic (exact) mass is 304 g/mol. The quantitative estimate of drug-likeness (QED) is 0.853. The standard InChI is InChI=1S/C15H13FN2O2S/c1-20-13-8-9(14(17)21)5-6-12(13)18-15(19)10-3-2-4-11(16)7-10/h2-8H,1H3,(H2,17,21)(H,18,19). The average molecular weight is 304 g/mol. The molecule has 2 aromatic rings. The number of anilines is 1. The summed E-state index contributed by atoms with van der Waals surface area (Å²) in [7, 11) is 1.47. The number of nitrogens with one attached hydrogen (secondary N) is 1. The Balaban J connectivity index is 2.27. The lowest BCUT2D eigenvalue weighted by atomic mass is 10.1. The zero-order valence-electron chi connectivity index (χ0n) is 11.2. The van der Waals surface area contributed by atoms with Gasteiger partial charge in [-0.15, -0.1) is 0 Å². The molecule has 0 radical (unpaired) electrons. The fraction of sp³-hybridized carbons (Fsp3) is 0.0667. The predicted octanol–water partition coefficient (Wildman–Crippen LogP) is 2.72. The van der Waals surface area contributed by atoms with Gasteiger partial charge in [-0.25, -0.2) is 4.39 Å². The Morgan fingerprint density at radius 3 is 2.62 bits per heavy atom. The summed E-state index contributed by atoms with van der Waals surface area (Å²) in [6.45, 7) is 0. The van der Waals surface area contributed by atoms with Gasteiger partial charge in [0.15, 0.2) is 0 Å². The van der Waals surface area contributed by atoms with Gasteiger partial charge in [0.1, 0.15) is 16.6 Å². The van der Waals surface area contributed by atoms with Crippen LogP contribution in [0.2, 0.25) is 0 Å². The van der Waals surface area contributed by atoms with Crippen molar-refractivity contribution in [2.45, 2.75) is 0 Å². The number of amides is 1. The maximum absolute atomic E-state index is 13.1. The summed E-state index contributed by atoms with van der Waals surface area (Å²) >= 11 is 4.88. The lowest BCUT2D eigenvalue weighted by Gasteiger charge is -2.11. The topological polar surface area (TPSA) is 64.3 Å². The highest BCUT2D eigenvalue weighted by Crippen LogP contribution is 2.26. The minimum absolute atomic E-state index is 0.218. The molecule has 0 spiro atoms. The molecule has 0 aliphatic carbocycles. The van der Waals surface area contributed by atoms with E-state index in [0.29, 0.717) is 17.0 Å². The van der Waals surface area contributed by atoms with Crippen molar-refractivity contribution in [2.75, 3.05) is 12.4 Å². The molecule has 2 rings (SSSR count). The molecule has 108 valence electrons. The molecule has 0 saturated carbocycles. The molecule has 2 aromatic carbocycles. The number of carbonyl (C=O) groups is 1. The molecule has 0 unspecified atom stereocenters. The third-order valence-corrected chi connectivity index (χ3v) is 3.06. The zero-order chi connectivity index (χ0) is 15.4. The number of rotatable bonds is 4. The molecule has 4 nitrogen and oxygen atoms in total. The van der Waals surface area contributed by atoms with Crippen LogP contribution in [-0.2, 0) is 0 Å². The third kappa shape index (κ3) is 3.55. The first-order valence-electron chi connectivity index (χ1n) is 6.06. The van der Waals surface area contributed by atoms with E-state index in [1.165, 1.54) is 25.3 Å². The van der Waals surface area contributed by atoms with Crippen molar-refractivity contribution in [2.24, 2.45) is 5.73 Å². The number of methoxy groups -OCH3 is 1. The van der Waals surface area contributed by atoms with E-state index < -0.39 is 11.7 Å². The van der Waals surface area contributed by atoms with Gasteiger partial charge in [0.2, 0.25) is 0 Å². The molecule has 0 atom stereocenters. The van der Waals surface area contributed by atoms with Crippen LogP contribution in [0.5, 0.6) is 5.75 Å². The molecule has 0 bridgehead atoms. The summed E-state index contributed by atoms with van der Waals surface area (Å²) < 4.78 is 18.3. The van der Waals surface area contributed by atoms with Gasteiger partial charge in [0.05, 0.1) is 12.8 Å². The fourth-order valence-electron chi connectivity index (χ4n) is 1.77. The largest absolute Gasteiger partial charge is 0.495 e. The first-order valence-corrected chi connectivity index (χ1v) is 6.47. The van der Waals surface area contributed by atoms with Crippen LogP contribution in [0.25, 0.3) is 0 Å². The van der Waals surface area contributed by atoms with Crippen LogP contribution in [0.4, 0.5) is 10.1 Å². The van der Waals surface area contributed by atoms with Gasteiger partial charge in [-0.3, -0.25) is 4.79 Å². The number of halogens is 1. The highest BCUT2D eigenvalue weighted by Gasteiger charge is 2.11. The Hall–Kier alpha value is -2.47. The Bertz CT molecular complexity index is 704. The average Bonchev–Trinajstić information content (AvgIpc) is 2.47. The van der Waals surface area contributed by atoms with Crippen LogP contribution in [0.15, 0.2) is 42.5 Å². The van der Waals surface area contributed by atoms with Gasteiger partial charge in [-0.1, -0.05) is 18.3 Å². The number of carbonyl (C=O) groups excluding carboxylic acids is 1. The maximum atomic E-state index is 13.1. The number of benzene rings is 2. The van der Waals surface area contributed by atoms with Crippen molar-refractivity contribution in [3.63, 3.8) is 0 Å². The molecule has 3 N–H and O–H groups in total. The van der Waals surface area contributed by atoms with Crippen molar-refractivity contribution >= 4 is 28.8 Å². The SMILES string of the molecule is COc1cc(C(N)=S)ccc1NC(=O)c1cccc(F)c1. The summed E-state index contributed by atoms with van der Waals surface area (Å²) in [4.78, 5) is 12.3. The van der Waals surface area contributed by atoms with Gasteiger partial charge >= 0.3 is 0 Å². The molecule has 0 fully saturated rings. The summed E-state index contributed by atoms with van der Waals surface area (Å²) in [5.41, 5.74) is 6.84. The van der Waals surface area contributed by atoms with Crippen LogP contribution in [-0.4, -0.2) is 18.0 Å². The van der Waals surface area contributed by atoms with Gasteiger partial charge < -0.3 is 15.8 Å². The first-order chi connectivity index (χ1) is 10.0. The van der Waals surface area contributed by atoms with Crippen molar-refractivity contribution in [3.8, 4) is 5.75 Å². The number of hydrogen-bond donors (Lipinski definition) is 2. The normalized spacial score (nSPS) is 10.0. The third-order valence-electron chi connectivity index (χ3n) is 2.82. The van der Waals surface area contributed by atoms with Crippen LogP contribution < -0.4 is 15.8 Å². The van der Waals surface area contributed by atoms with E-state index in [-0.39, 0.29) is 10.6 Å². The maximum Gasteiger partial charge on any atom is 0.255 e. The number of thiocarbonyl (C=S) groups is 1. The lowest BCUT2D eigenvalue weighted by Crippen LogP contribution is -2.14. The van der Waals surface area contributed by atoms with E-state index in [4.69, 9.17) is 22.7 Å². The number of nitrogens with two attached hydrogens (primary N) is 1. The van der Waals surface area contributed by atoms with E-state index >= 15 is 0 Å². The Morgan fingerprint density at radius 2 is 2.00 bits per heavy atom. The Kier molecular flexibility index (Phi) is 4.49. The molecule has 0 aliphatic rings. The fourth-order valence-corrected chi connectivity index (χ4v) is 1.90. The van der Waals surface area contributed by atoms with Crippen LogP contribution >= 0.6 is 12.2 Å². The van der Waals surface area contributed by atoms with Crippen LogP contribution in [0.1, 0.15) is 15.9 Å². The van der Waals surface area contributed by atoms with Crippen molar-refractivity contribution < 1.29 is 13.9 Å². The van der Waals surface area contributed by atoms with Gasteiger partial charge in [-0.2, -0.15) is 0 Å². The second-order valence-electron chi connectivity index (χ2n) is 4.24. The molecule has 0 aliphatic heterocycles. The van der Waals surface area contributed by atoms with E-state index in [9.17, 15) is 9.18 Å². The van der Waals surface area contributed by atoms with E-state index in [1.807, 2.05) is 0 Å². The molecule has 21 heavy (non-hydrogen) atoms. The first kappa shape index (κ1) is 14.9. The van der Waals surface area contributed by atoms with Crippen molar-refractivity contribution in [3.05, 3.63) is 59.4 Å². The second-order valence-corrected chi connectivity index (χ2v) is 4.68. The summed E-state index contributed by atoms with van der Waals surface area (Å²) in [5.74, 6) is -0.487. The second kappa shape index (κ2) is 6.32. The van der Waals surface area contributed by atoms with Gasteiger partial charge in [0.25, 0.3) is 5.91 Å². The van der Waals surface area contributed by atoms with Gasteiger partial charge in [0, 0.05) is 11.1 Å².